The number of nitrogens with one attached hydrogen (secondary N) is 1. The first-order chi connectivity index (χ1) is 8.70. The topological polar surface area (TPSA) is 64.3 Å². The molecule has 4 nitrogen and oxygen atoms in total. The lowest BCUT2D eigenvalue weighted by atomic mass is 10.0. The summed E-state index contributed by atoms with van der Waals surface area (Å²) in [6, 6.07) is 5.90. The van der Waals surface area contributed by atoms with Crippen LogP contribution in [0, 0.1) is 12.8 Å². The number of carbonyl (C=O) groups excluding carboxylic acids is 1. The molecule has 0 aliphatic carbocycles. The summed E-state index contributed by atoms with van der Waals surface area (Å²) in [7, 11) is 0. The van der Waals surface area contributed by atoms with Crippen LogP contribution in [0.25, 0.3) is 0 Å². The van der Waals surface area contributed by atoms with Gasteiger partial charge in [-0.1, -0.05) is 12.1 Å². The molecule has 1 fully saturated rings. The van der Waals surface area contributed by atoms with Crippen molar-refractivity contribution in [1.82, 2.24) is 0 Å². The molecule has 3 N–H and O–H groups in total. The molecule has 0 saturated carbocycles. The molecular formula is C14H20N2O2. The van der Waals surface area contributed by atoms with Crippen LogP contribution in [0.15, 0.2) is 18.2 Å². The average molecular weight is 248 g/mol. The van der Waals surface area contributed by atoms with Gasteiger partial charge >= 0.3 is 0 Å². The van der Waals surface area contributed by atoms with Gasteiger partial charge in [0.15, 0.2) is 0 Å². The van der Waals surface area contributed by atoms with E-state index in [0.717, 1.165) is 36.3 Å². The summed E-state index contributed by atoms with van der Waals surface area (Å²) < 4.78 is 5.34. The Labute approximate surface area is 108 Å². The number of anilines is 1. The summed E-state index contributed by atoms with van der Waals surface area (Å²) >= 11 is 0. The van der Waals surface area contributed by atoms with Crippen LogP contribution < -0.4 is 11.1 Å². The van der Waals surface area contributed by atoms with Crippen LogP contribution >= 0.6 is 0 Å². The number of nitrogens with two attached hydrogens (primary N) is 1. The lowest BCUT2D eigenvalue weighted by Crippen LogP contribution is -2.30. The number of amides is 1. The van der Waals surface area contributed by atoms with E-state index in [1.165, 1.54) is 0 Å². The molecule has 1 amide bonds. The molecule has 1 atom stereocenters. The molecule has 98 valence electrons. The molecule has 0 bridgehead atoms. The van der Waals surface area contributed by atoms with E-state index < -0.39 is 0 Å². The summed E-state index contributed by atoms with van der Waals surface area (Å²) in [6.07, 6.45) is 1.86. The molecule has 0 radical (unpaired) electrons. The molecule has 1 saturated heterocycles. The maximum atomic E-state index is 12.1. The smallest absolute Gasteiger partial charge is 0.229 e. The minimum Gasteiger partial charge on any atom is -0.381 e. The zero-order chi connectivity index (χ0) is 13.0. The molecule has 2 rings (SSSR count). The van der Waals surface area contributed by atoms with E-state index in [0.29, 0.717) is 13.2 Å². The Balaban J connectivity index is 2.05. The minimum atomic E-state index is -0.0281. The third kappa shape index (κ3) is 3.09. The van der Waals surface area contributed by atoms with Crippen LogP contribution in [0.2, 0.25) is 0 Å². The van der Waals surface area contributed by atoms with Crippen molar-refractivity contribution in [3.05, 3.63) is 29.3 Å². The van der Waals surface area contributed by atoms with E-state index in [1.807, 2.05) is 25.1 Å². The van der Waals surface area contributed by atoms with Gasteiger partial charge < -0.3 is 15.8 Å². The van der Waals surface area contributed by atoms with Gasteiger partial charge in [0, 0.05) is 18.8 Å². The molecule has 1 aromatic carbocycles. The molecule has 18 heavy (non-hydrogen) atoms. The van der Waals surface area contributed by atoms with Gasteiger partial charge in [-0.05, 0) is 37.0 Å². The van der Waals surface area contributed by atoms with Crippen molar-refractivity contribution in [3.63, 3.8) is 0 Å². The number of hydrogen-bond donors (Lipinski definition) is 2. The third-order valence-electron chi connectivity index (χ3n) is 3.33. The van der Waals surface area contributed by atoms with Crippen molar-refractivity contribution >= 4 is 11.6 Å². The Bertz CT molecular complexity index is 426. The van der Waals surface area contributed by atoms with E-state index in [2.05, 4.69) is 5.32 Å². The second-order valence-corrected chi connectivity index (χ2v) is 4.76. The third-order valence-corrected chi connectivity index (χ3v) is 3.33. The molecule has 1 unspecified atom stereocenters. The molecule has 0 spiro atoms. The highest BCUT2D eigenvalue weighted by Crippen LogP contribution is 2.20. The maximum absolute atomic E-state index is 12.1. The van der Waals surface area contributed by atoms with Crippen molar-refractivity contribution in [1.29, 1.82) is 0 Å². The molecule has 1 aliphatic rings. The van der Waals surface area contributed by atoms with Gasteiger partial charge in [0.25, 0.3) is 0 Å². The monoisotopic (exact) mass is 248 g/mol. The van der Waals surface area contributed by atoms with Gasteiger partial charge in [0.05, 0.1) is 12.5 Å². The van der Waals surface area contributed by atoms with Gasteiger partial charge in [0.1, 0.15) is 0 Å². The SMILES string of the molecule is Cc1ccc(CN)cc1NC(=O)C1CCCOC1. The van der Waals surface area contributed by atoms with Crippen LogP contribution in [0.4, 0.5) is 5.69 Å². The van der Waals surface area contributed by atoms with Crippen molar-refractivity contribution in [2.45, 2.75) is 26.3 Å². The lowest BCUT2D eigenvalue weighted by Gasteiger charge is -2.21. The fourth-order valence-corrected chi connectivity index (χ4v) is 2.11. The van der Waals surface area contributed by atoms with Crippen molar-refractivity contribution in [2.24, 2.45) is 11.7 Å². The number of hydrogen-bond acceptors (Lipinski definition) is 3. The van der Waals surface area contributed by atoms with Crippen molar-refractivity contribution < 1.29 is 9.53 Å². The highest BCUT2D eigenvalue weighted by molar-refractivity contribution is 5.93. The summed E-state index contributed by atoms with van der Waals surface area (Å²) in [5.74, 6) is 0.0201. The Hall–Kier alpha value is -1.39. The molecular weight excluding hydrogens is 228 g/mol. The van der Waals surface area contributed by atoms with E-state index in [1.54, 1.807) is 0 Å². The van der Waals surface area contributed by atoms with Crippen LogP contribution in [0.1, 0.15) is 24.0 Å². The summed E-state index contributed by atoms with van der Waals surface area (Å²) in [5, 5.41) is 2.98. The number of rotatable bonds is 3. The number of carbonyl (C=O) groups is 1. The minimum absolute atomic E-state index is 0.0281. The van der Waals surface area contributed by atoms with Gasteiger partial charge in [-0.25, -0.2) is 0 Å². The predicted octanol–water partition coefficient (Wildman–Crippen LogP) is 1.82. The van der Waals surface area contributed by atoms with Crippen LogP contribution in [-0.2, 0) is 16.1 Å². The average Bonchev–Trinajstić information content (AvgIpc) is 2.42. The second-order valence-electron chi connectivity index (χ2n) is 4.76. The highest BCUT2D eigenvalue weighted by atomic mass is 16.5. The normalized spacial score (nSPS) is 19.6. The Kier molecular flexibility index (Phi) is 4.33. The number of aryl methyl sites for hydroxylation is 1. The van der Waals surface area contributed by atoms with Crippen molar-refractivity contribution in [2.75, 3.05) is 18.5 Å². The maximum Gasteiger partial charge on any atom is 0.229 e. The highest BCUT2D eigenvalue weighted by Gasteiger charge is 2.22. The van der Waals surface area contributed by atoms with Crippen LogP contribution in [0.5, 0.6) is 0 Å². The second kappa shape index (κ2) is 5.98. The molecule has 0 aromatic heterocycles. The van der Waals surface area contributed by atoms with Crippen LogP contribution in [0.3, 0.4) is 0 Å². The quantitative estimate of drug-likeness (QED) is 0.857. The zero-order valence-corrected chi connectivity index (χ0v) is 10.7. The summed E-state index contributed by atoms with van der Waals surface area (Å²) in [4.78, 5) is 12.1. The van der Waals surface area contributed by atoms with Gasteiger partial charge in [0.2, 0.25) is 5.91 Å². The van der Waals surface area contributed by atoms with Crippen molar-refractivity contribution in [3.8, 4) is 0 Å². The standard InChI is InChI=1S/C14H20N2O2/c1-10-4-5-11(8-15)7-13(10)16-14(17)12-3-2-6-18-9-12/h4-5,7,12H,2-3,6,8-9,15H2,1H3,(H,16,17). The predicted molar refractivity (Wildman–Crippen MR) is 71.2 cm³/mol. The molecule has 1 aromatic rings. The fraction of sp³-hybridized carbons (Fsp3) is 0.500. The first-order valence-corrected chi connectivity index (χ1v) is 6.39. The van der Waals surface area contributed by atoms with E-state index in [4.69, 9.17) is 10.5 Å². The van der Waals surface area contributed by atoms with Gasteiger partial charge in [-0.3, -0.25) is 4.79 Å². The van der Waals surface area contributed by atoms with E-state index >= 15 is 0 Å². The lowest BCUT2D eigenvalue weighted by molar-refractivity contribution is -0.123. The zero-order valence-electron chi connectivity index (χ0n) is 10.7. The fourth-order valence-electron chi connectivity index (χ4n) is 2.11. The van der Waals surface area contributed by atoms with E-state index in [-0.39, 0.29) is 11.8 Å². The number of ether oxygens (including phenoxy) is 1. The Morgan fingerprint density at radius 3 is 3.06 bits per heavy atom. The Morgan fingerprint density at radius 2 is 2.39 bits per heavy atom. The van der Waals surface area contributed by atoms with Gasteiger partial charge in [-0.15, -0.1) is 0 Å². The van der Waals surface area contributed by atoms with Gasteiger partial charge in [-0.2, -0.15) is 0 Å². The first kappa shape index (κ1) is 13.1. The number of benzene rings is 1. The molecule has 1 heterocycles. The largest absolute Gasteiger partial charge is 0.381 e. The molecule has 1 aliphatic heterocycles. The summed E-state index contributed by atoms with van der Waals surface area (Å²) in [6.45, 7) is 3.76. The van der Waals surface area contributed by atoms with E-state index in [9.17, 15) is 4.79 Å². The first-order valence-electron chi connectivity index (χ1n) is 6.39. The summed E-state index contributed by atoms with van der Waals surface area (Å²) in [5.41, 5.74) is 8.54. The van der Waals surface area contributed by atoms with Crippen LogP contribution in [-0.4, -0.2) is 19.1 Å². The Morgan fingerprint density at radius 1 is 1.56 bits per heavy atom. The molecule has 4 heteroatoms.